The Kier molecular flexibility index (Phi) is 5.40. The number of aromatic nitrogens is 1. The summed E-state index contributed by atoms with van der Waals surface area (Å²) in [5.74, 6) is 0.922. The molecule has 7 nitrogen and oxygen atoms in total. The summed E-state index contributed by atoms with van der Waals surface area (Å²) in [6.07, 6.45) is 7.43. The van der Waals surface area contributed by atoms with E-state index in [9.17, 15) is 9.59 Å². The van der Waals surface area contributed by atoms with E-state index in [1.165, 1.54) is 0 Å². The highest BCUT2D eigenvalue weighted by atomic mass is 16.5. The van der Waals surface area contributed by atoms with Crippen LogP contribution in [-0.2, 0) is 9.59 Å². The van der Waals surface area contributed by atoms with E-state index in [-0.39, 0.29) is 17.9 Å². The fraction of sp³-hybridized carbons (Fsp3) is 0.529. The third-order valence-corrected chi connectivity index (χ3v) is 4.35. The van der Waals surface area contributed by atoms with E-state index in [4.69, 9.17) is 4.74 Å². The molecule has 0 radical (unpaired) electrons. The first kappa shape index (κ1) is 16.4. The average molecular weight is 330 g/mol. The minimum atomic E-state index is -0.0543. The molecule has 0 saturated carbocycles. The zero-order valence-electron chi connectivity index (χ0n) is 13.6. The first-order valence-electron chi connectivity index (χ1n) is 8.39. The van der Waals surface area contributed by atoms with Crippen LogP contribution < -0.4 is 10.2 Å². The number of hydrogen-bond acceptors (Lipinski definition) is 5. The number of nitrogens with zero attached hydrogens (tertiary/aromatic N) is 3. The van der Waals surface area contributed by atoms with Crippen molar-refractivity contribution in [2.45, 2.75) is 44.6 Å². The molecule has 1 aromatic heterocycles. The first-order chi connectivity index (χ1) is 11.7. The van der Waals surface area contributed by atoms with Gasteiger partial charge in [0.2, 0.25) is 11.8 Å². The Bertz CT molecular complexity index is 610. The second kappa shape index (κ2) is 7.90. The van der Waals surface area contributed by atoms with Gasteiger partial charge >= 0.3 is 0 Å². The Morgan fingerprint density at radius 1 is 1.25 bits per heavy atom. The number of nitrogens with one attached hydrogen (secondary N) is 1. The van der Waals surface area contributed by atoms with Crippen LogP contribution in [0.4, 0.5) is 0 Å². The molecule has 2 aliphatic rings. The summed E-state index contributed by atoms with van der Waals surface area (Å²) in [4.78, 5) is 29.2. The molecule has 0 bridgehead atoms. The van der Waals surface area contributed by atoms with Gasteiger partial charge in [-0.3, -0.25) is 14.6 Å². The molecular formula is C17H22N4O3. The Morgan fingerprint density at radius 2 is 2.00 bits per heavy atom. The summed E-state index contributed by atoms with van der Waals surface area (Å²) in [6, 6.07) is 3.70. The maximum absolute atomic E-state index is 12.3. The molecule has 1 saturated heterocycles. The van der Waals surface area contributed by atoms with Gasteiger partial charge < -0.3 is 9.64 Å². The molecule has 1 N–H and O–H groups in total. The lowest BCUT2D eigenvalue weighted by Crippen LogP contribution is -2.42. The van der Waals surface area contributed by atoms with E-state index in [2.05, 4.69) is 15.5 Å². The normalized spacial score (nSPS) is 18.8. The van der Waals surface area contributed by atoms with Crippen molar-refractivity contribution in [2.75, 3.05) is 13.1 Å². The minimum Gasteiger partial charge on any atom is -0.490 e. The van der Waals surface area contributed by atoms with Crippen molar-refractivity contribution in [1.29, 1.82) is 0 Å². The molecule has 0 aliphatic carbocycles. The Labute approximate surface area is 141 Å². The second-order valence-electron chi connectivity index (χ2n) is 6.09. The molecule has 1 fully saturated rings. The van der Waals surface area contributed by atoms with Crippen LogP contribution in [0.3, 0.4) is 0 Å². The van der Waals surface area contributed by atoms with E-state index in [1.807, 2.05) is 17.0 Å². The molecule has 24 heavy (non-hydrogen) atoms. The number of hydrogen-bond donors (Lipinski definition) is 1. The maximum atomic E-state index is 12.3. The van der Waals surface area contributed by atoms with Gasteiger partial charge in [0.25, 0.3) is 0 Å². The lowest BCUT2D eigenvalue weighted by atomic mass is 10.0. The zero-order chi connectivity index (χ0) is 16.8. The van der Waals surface area contributed by atoms with Crippen molar-refractivity contribution in [3.8, 4) is 5.75 Å². The van der Waals surface area contributed by atoms with Crippen LogP contribution in [-0.4, -0.2) is 46.6 Å². The monoisotopic (exact) mass is 330 g/mol. The summed E-state index contributed by atoms with van der Waals surface area (Å²) < 4.78 is 5.91. The van der Waals surface area contributed by atoms with E-state index in [0.29, 0.717) is 25.7 Å². The van der Waals surface area contributed by atoms with Gasteiger partial charge in [-0.25, -0.2) is 5.43 Å². The maximum Gasteiger partial charge on any atom is 0.240 e. The first-order valence-corrected chi connectivity index (χ1v) is 8.39. The largest absolute Gasteiger partial charge is 0.490 e. The fourth-order valence-electron chi connectivity index (χ4n) is 2.93. The topological polar surface area (TPSA) is 83.9 Å². The molecule has 2 amide bonds. The molecule has 0 unspecified atom stereocenters. The number of amides is 2. The number of carbonyl (C=O) groups excluding carboxylic acids is 2. The SMILES string of the molecule is O=C1CCC(CCC(=O)N2CCC(Oc3ccncc3)CC2)=NN1. The highest BCUT2D eigenvalue weighted by Gasteiger charge is 2.24. The lowest BCUT2D eigenvalue weighted by Gasteiger charge is -2.32. The van der Waals surface area contributed by atoms with Crippen molar-refractivity contribution in [2.24, 2.45) is 5.10 Å². The van der Waals surface area contributed by atoms with Gasteiger partial charge in [0.1, 0.15) is 11.9 Å². The van der Waals surface area contributed by atoms with Crippen LogP contribution in [0.2, 0.25) is 0 Å². The number of likely N-dealkylation sites (tertiary alicyclic amines) is 1. The molecule has 0 spiro atoms. The van der Waals surface area contributed by atoms with Crippen LogP contribution >= 0.6 is 0 Å². The smallest absolute Gasteiger partial charge is 0.240 e. The van der Waals surface area contributed by atoms with Gasteiger partial charge in [-0.2, -0.15) is 5.10 Å². The number of ether oxygens (including phenoxy) is 1. The number of carbonyl (C=O) groups is 2. The van der Waals surface area contributed by atoms with E-state index < -0.39 is 0 Å². The molecule has 0 aromatic carbocycles. The van der Waals surface area contributed by atoms with Gasteiger partial charge in [-0.1, -0.05) is 0 Å². The summed E-state index contributed by atoms with van der Waals surface area (Å²) in [5.41, 5.74) is 3.37. The summed E-state index contributed by atoms with van der Waals surface area (Å²) in [6.45, 7) is 1.44. The molecular weight excluding hydrogens is 308 g/mol. The molecule has 2 aliphatic heterocycles. The van der Waals surface area contributed by atoms with E-state index >= 15 is 0 Å². The average Bonchev–Trinajstić information content (AvgIpc) is 2.62. The quantitative estimate of drug-likeness (QED) is 0.887. The van der Waals surface area contributed by atoms with Gasteiger partial charge in [0.15, 0.2) is 0 Å². The third-order valence-electron chi connectivity index (χ3n) is 4.35. The van der Waals surface area contributed by atoms with Crippen LogP contribution in [0.25, 0.3) is 0 Å². The molecule has 3 rings (SSSR count). The molecule has 1 aromatic rings. The number of pyridine rings is 1. The standard InChI is InChI=1S/C17H22N4O3/c22-16-3-1-13(19-20-16)2-4-17(23)21-11-7-15(8-12-21)24-14-5-9-18-10-6-14/h5-6,9-10,15H,1-4,7-8,11-12H2,(H,20,22). The number of hydrazone groups is 1. The second-order valence-corrected chi connectivity index (χ2v) is 6.09. The highest BCUT2D eigenvalue weighted by molar-refractivity contribution is 5.94. The predicted molar refractivity (Wildman–Crippen MR) is 88.5 cm³/mol. The van der Waals surface area contributed by atoms with Gasteiger partial charge in [-0.05, 0) is 25.0 Å². The predicted octanol–water partition coefficient (Wildman–Crippen LogP) is 1.50. The van der Waals surface area contributed by atoms with E-state index in [0.717, 1.165) is 37.4 Å². The van der Waals surface area contributed by atoms with Crippen LogP contribution in [0.5, 0.6) is 5.75 Å². The van der Waals surface area contributed by atoms with Crippen molar-refractivity contribution in [3.63, 3.8) is 0 Å². The summed E-state index contributed by atoms with van der Waals surface area (Å²) >= 11 is 0. The van der Waals surface area contributed by atoms with Crippen LogP contribution in [0.1, 0.15) is 38.5 Å². The van der Waals surface area contributed by atoms with Crippen LogP contribution in [0.15, 0.2) is 29.6 Å². The minimum absolute atomic E-state index is 0.0543. The van der Waals surface area contributed by atoms with Crippen LogP contribution in [0, 0.1) is 0 Å². The van der Waals surface area contributed by atoms with Gasteiger partial charge in [-0.15, -0.1) is 0 Å². The van der Waals surface area contributed by atoms with Crippen molar-refractivity contribution in [1.82, 2.24) is 15.3 Å². The fourth-order valence-corrected chi connectivity index (χ4v) is 2.93. The molecule has 128 valence electrons. The van der Waals surface area contributed by atoms with Crippen molar-refractivity contribution >= 4 is 17.5 Å². The van der Waals surface area contributed by atoms with Gasteiger partial charge in [0, 0.05) is 56.9 Å². The third kappa shape index (κ3) is 4.53. The number of piperidine rings is 1. The van der Waals surface area contributed by atoms with Gasteiger partial charge in [0.05, 0.1) is 0 Å². The highest BCUT2D eigenvalue weighted by Crippen LogP contribution is 2.19. The summed E-state index contributed by atoms with van der Waals surface area (Å²) in [5, 5.41) is 4.01. The Hall–Kier alpha value is -2.44. The Balaban J connectivity index is 1.39. The molecule has 3 heterocycles. The van der Waals surface area contributed by atoms with Crippen molar-refractivity contribution in [3.05, 3.63) is 24.5 Å². The zero-order valence-corrected chi connectivity index (χ0v) is 13.6. The number of rotatable bonds is 5. The lowest BCUT2D eigenvalue weighted by molar-refractivity contribution is -0.132. The van der Waals surface area contributed by atoms with E-state index in [1.54, 1.807) is 12.4 Å². The Morgan fingerprint density at radius 3 is 2.67 bits per heavy atom. The summed E-state index contributed by atoms with van der Waals surface area (Å²) in [7, 11) is 0. The molecule has 0 atom stereocenters. The molecule has 7 heteroatoms. The van der Waals surface area contributed by atoms with Crippen molar-refractivity contribution < 1.29 is 14.3 Å².